The van der Waals surface area contributed by atoms with Crippen molar-refractivity contribution >= 4 is 5.91 Å². The maximum atomic E-state index is 10.8. The van der Waals surface area contributed by atoms with Crippen molar-refractivity contribution in [3.8, 4) is 0 Å². The Morgan fingerprint density at radius 1 is 1.13 bits per heavy atom. The van der Waals surface area contributed by atoms with Crippen molar-refractivity contribution in [2.45, 2.75) is 13.3 Å². The lowest BCUT2D eigenvalue weighted by Crippen LogP contribution is -2.33. The van der Waals surface area contributed by atoms with E-state index < -0.39 is 0 Å². The second kappa shape index (κ2) is 11.4. The molecule has 5 nitrogen and oxygen atoms in total. The van der Waals surface area contributed by atoms with Gasteiger partial charge in [-0.2, -0.15) is 0 Å². The van der Waals surface area contributed by atoms with Crippen LogP contribution in [0.3, 0.4) is 0 Å². The van der Waals surface area contributed by atoms with Crippen LogP contribution >= 0.6 is 0 Å². The summed E-state index contributed by atoms with van der Waals surface area (Å²) in [6.07, 6.45) is 1.04. The van der Waals surface area contributed by atoms with Crippen LogP contribution in [0.5, 0.6) is 0 Å². The average Bonchev–Trinajstić information content (AvgIpc) is 2.26. The first-order valence-corrected chi connectivity index (χ1v) is 5.38. The van der Waals surface area contributed by atoms with Gasteiger partial charge in [-0.05, 0) is 6.42 Å². The van der Waals surface area contributed by atoms with Crippen LogP contribution in [0.4, 0.5) is 0 Å². The largest absolute Gasteiger partial charge is 0.379 e. The van der Waals surface area contributed by atoms with Crippen LogP contribution in [0, 0.1) is 0 Å². The lowest BCUT2D eigenvalue weighted by molar-refractivity contribution is -0.119. The van der Waals surface area contributed by atoms with Crippen LogP contribution in [0.15, 0.2) is 0 Å². The smallest absolute Gasteiger partial charge is 0.233 e. The van der Waals surface area contributed by atoms with Crippen LogP contribution in [0.2, 0.25) is 0 Å². The first kappa shape index (κ1) is 14.3. The fourth-order valence-electron chi connectivity index (χ4n) is 0.901. The summed E-state index contributed by atoms with van der Waals surface area (Å²) >= 11 is 0. The van der Waals surface area contributed by atoms with E-state index in [9.17, 15) is 4.79 Å². The fraction of sp³-hybridized carbons (Fsp3) is 0.900. The lowest BCUT2D eigenvalue weighted by atomic mass is 10.5. The molecule has 0 aliphatic heterocycles. The minimum absolute atomic E-state index is 0.0127. The molecular formula is C10H22N2O3. The Balaban J connectivity index is 2.95. The number of carbonyl (C=O) groups excluding carboxylic acids is 1. The molecule has 5 heteroatoms. The molecule has 0 unspecified atom stereocenters. The molecule has 15 heavy (non-hydrogen) atoms. The number of rotatable bonds is 10. The maximum absolute atomic E-state index is 10.8. The van der Waals surface area contributed by atoms with Crippen molar-refractivity contribution in [3.63, 3.8) is 0 Å². The Bertz CT molecular complexity index is 154. The van der Waals surface area contributed by atoms with E-state index in [-0.39, 0.29) is 5.91 Å². The van der Waals surface area contributed by atoms with Crippen molar-refractivity contribution in [2.24, 2.45) is 0 Å². The highest BCUT2D eigenvalue weighted by molar-refractivity contribution is 5.77. The van der Waals surface area contributed by atoms with Crippen molar-refractivity contribution in [3.05, 3.63) is 0 Å². The quantitative estimate of drug-likeness (QED) is 0.497. The molecule has 0 spiro atoms. The van der Waals surface area contributed by atoms with E-state index in [2.05, 4.69) is 17.6 Å². The molecule has 0 fully saturated rings. The van der Waals surface area contributed by atoms with E-state index in [1.165, 1.54) is 0 Å². The van der Waals surface area contributed by atoms with E-state index in [0.29, 0.717) is 32.9 Å². The third kappa shape index (κ3) is 11.3. The highest BCUT2D eigenvalue weighted by Gasteiger charge is 1.95. The third-order valence-corrected chi connectivity index (χ3v) is 1.71. The molecule has 0 aromatic rings. The molecule has 0 aromatic heterocycles. The Labute approximate surface area is 91.5 Å². The van der Waals surface area contributed by atoms with Gasteiger partial charge in [-0.3, -0.25) is 4.79 Å². The van der Waals surface area contributed by atoms with Gasteiger partial charge in [0.1, 0.15) is 0 Å². The second-order valence-corrected chi connectivity index (χ2v) is 3.07. The third-order valence-electron chi connectivity index (χ3n) is 1.71. The first-order valence-electron chi connectivity index (χ1n) is 5.38. The number of likely N-dealkylation sites (N-methyl/N-ethyl adjacent to an activating group) is 1. The summed E-state index contributed by atoms with van der Waals surface area (Å²) in [7, 11) is 1.62. The van der Waals surface area contributed by atoms with E-state index in [4.69, 9.17) is 9.47 Å². The molecule has 0 aliphatic rings. The Hall–Kier alpha value is -0.650. The van der Waals surface area contributed by atoms with Crippen LogP contribution in [0.1, 0.15) is 13.3 Å². The zero-order valence-electron chi connectivity index (χ0n) is 9.67. The minimum Gasteiger partial charge on any atom is -0.379 e. The molecule has 2 N–H and O–H groups in total. The van der Waals surface area contributed by atoms with Crippen LogP contribution < -0.4 is 10.6 Å². The Kier molecular flexibility index (Phi) is 10.9. The highest BCUT2D eigenvalue weighted by atomic mass is 16.5. The Morgan fingerprint density at radius 2 is 1.80 bits per heavy atom. The number of ether oxygens (including phenoxy) is 2. The van der Waals surface area contributed by atoms with Gasteiger partial charge in [0, 0.05) is 20.2 Å². The van der Waals surface area contributed by atoms with E-state index in [1.54, 1.807) is 7.05 Å². The van der Waals surface area contributed by atoms with Gasteiger partial charge in [-0.1, -0.05) is 6.92 Å². The lowest BCUT2D eigenvalue weighted by Gasteiger charge is -2.05. The summed E-state index contributed by atoms with van der Waals surface area (Å²) in [5.41, 5.74) is 0. The Morgan fingerprint density at radius 3 is 2.40 bits per heavy atom. The standard InChI is InChI=1S/C10H22N2O3/c1-3-5-14-7-8-15-6-4-12-9-10(13)11-2/h12H,3-9H2,1-2H3,(H,11,13). The van der Waals surface area contributed by atoms with Gasteiger partial charge in [0.25, 0.3) is 0 Å². The predicted molar refractivity (Wildman–Crippen MR) is 58.9 cm³/mol. The molecule has 0 aromatic carbocycles. The molecule has 0 saturated heterocycles. The molecule has 0 heterocycles. The first-order chi connectivity index (χ1) is 7.31. The number of carbonyl (C=O) groups is 1. The fourth-order valence-corrected chi connectivity index (χ4v) is 0.901. The van der Waals surface area contributed by atoms with Crippen molar-refractivity contribution < 1.29 is 14.3 Å². The zero-order valence-corrected chi connectivity index (χ0v) is 9.67. The summed E-state index contributed by atoms with van der Waals surface area (Å²) < 4.78 is 10.5. The van der Waals surface area contributed by atoms with Gasteiger partial charge in [0.2, 0.25) is 5.91 Å². The summed E-state index contributed by atoms with van der Waals surface area (Å²) in [6, 6.07) is 0. The molecule has 0 bridgehead atoms. The van der Waals surface area contributed by atoms with Crippen molar-refractivity contribution in [1.82, 2.24) is 10.6 Å². The van der Waals surface area contributed by atoms with E-state index >= 15 is 0 Å². The van der Waals surface area contributed by atoms with Gasteiger partial charge in [0.15, 0.2) is 0 Å². The van der Waals surface area contributed by atoms with Gasteiger partial charge in [-0.25, -0.2) is 0 Å². The summed E-state index contributed by atoms with van der Waals surface area (Å²) in [5, 5.41) is 5.49. The van der Waals surface area contributed by atoms with Gasteiger partial charge >= 0.3 is 0 Å². The second-order valence-electron chi connectivity index (χ2n) is 3.07. The number of nitrogens with one attached hydrogen (secondary N) is 2. The summed E-state index contributed by atoms with van der Waals surface area (Å²) in [4.78, 5) is 10.8. The molecule has 90 valence electrons. The number of hydrogen-bond acceptors (Lipinski definition) is 4. The van der Waals surface area contributed by atoms with Gasteiger partial charge < -0.3 is 20.1 Å². The van der Waals surface area contributed by atoms with E-state index in [0.717, 1.165) is 13.0 Å². The summed E-state index contributed by atoms with van der Waals surface area (Å²) in [6.45, 7) is 5.74. The van der Waals surface area contributed by atoms with E-state index in [1.807, 2.05) is 0 Å². The zero-order chi connectivity index (χ0) is 11.4. The molecule has 1 amide bonds. The minimum atomic E-state index is -0.0127. The molecule has 0 rings (SSSR count). The van der Waals surface area contributed by atoms with Crippen LogP contribution in [-0.2, 0) is 14.3 Å². The van der Waals surface area contributed by atoms with Gasteiger partial charge in [-0.15, -0.1) is 0 Å². The molecular weight excluding hydrogens is 196 g/mol. The normalized spacial score (nSPS) is 10.3. The van der Waals surface area contributed by atoms with Gasteiger partial charge in [0.05, 0.1) is 26.4 Å². The molecule has 0 saturated carbocycles. The predicted octanol–water partition coefficient (Wildman–Crippen LogP) is -0.235. The van der Waals surface area contributed by atoms with Crippen LogP contribution in [-0.4, -0.2) is 52.5 Å². The monoisotopic (exact) mass is 218 g/mol. The highest BCUT2D eigenvalue weighted by Crippen LogP contribution is 1.81. The van der Waals surface area contributed by atoms with Crippen LogP contribution in [0.25, 0.3) is 0 Å². The van der Waals surface area contributed by atoms with Crippen molar-refractivity contribution in [1.29, 1.82) is 0 Å². The summed E-state index contributed by atoms with van der Waals surface area (Å²) in [5.74, 6) is -0.0127. The average molecular weight is 218 g/mol. The SMILES string of the molecule is CCCOCCOCCNCC(=O)NC. The number of amides is 1. The number of hydrogen-bond donors (Lipinski definition) is 2. The van der Waals surface area contributed by atoms with Crippen molar-refractivity contribution in [2.75, 3.05) is 46.6 Å². The molecule has 0 atom stereocenters. The molecule has 0 aliphatic carbocycles. The topological polar surface area (TPSA) is 59.6 Å². The maximum Gasteiger partial charge on any atom is 0.233 e. The molecule has 0 radical (unpaired) electrons.